The van der Waals surface area contributed by atoms with Gasteiger partial charge in [-0.3, -0.25) is 4.79 Å². The Kier molecular flexibility index (Phi) is 8.56. The van der Waals surface area contributed by atoms with Crippen molar-refractivity contribution in [3.63, 3.8) is 0 Å². The van der Waals surface area contributed by atoms with Gasteiger partial charge in [0.25, 0.3) is 10.2 Å². The van der Waals surface area contributed by atoms with Crippen LogP contribution in [0.2, 0.25) is 0 Å². The summed E-state index contributed by atoms with van der Waals surface area (Å²) in [6, 6.07) is 12.7. The SMILES string of the molecule is CO/N=C1\CCNc2ccc(C#Cc3ccc(N4CCN(S(=O)(=O)N[C@@H](C(=O)O)C(C)C)CC4)cc3)cc21. The van der Waals surface area contributed by atoms with E-state index in [1.165, 1.54) is 4.31 Å². The van der Waals surface area contributed by atoms with Gasteiger partial charge in [-0.05, 0) is 48.4 Å². The number of fused-ring (bicyclic) bond motifs is 1. The lowest BCUT2D eigenvalue weighted by molar-refractivity contribution is -0.140. The molecule has 202 valence electrons. The van der Waals surface area contributed by atoms with Crippen molar-refractivity contribution in [1.29, 1.82) is 0 Å². The van der Waals surface area contributed by atoms with E-state index in [9.17, 15) is 18.3 Å². The average molecular weight is 540 g/mol. The average Bonchev–Trinajstić information content (AvgIpc) is 2.91. The van der Waals surface area contributed by atoms with Crippen LogP contribution in [0.15, 0.2) is 47.6 Å². The molecule has 2 aromatic rings. The molecule has 0 aromatic heterocycles. The number of hydrogen-bond donors (Lipinski definition) is 3. The lowest BCUT2D eigenvalue weighted by Gasteiger charge is -2.36. The molecular formula is C27H33N5O5S. The third-order valence-electron chi connectivity index (χ3n) is 6.58. The summed E-state index contributed by atoms with van der Waals surface area (Å²) in [4.78, 5) is 18.5. The molecule has 0 amide bonds. The summed E-state index contributed by atoms with van der Waals surface area (Å²) in [6.07, 6.45) is 0.788. The van der Waals surface area contributed by atoms with Crippen LogP contribution >= 0.6 is 0 Å². The van der Waals surface area contributed by atoms with Gasteiger partial charge in [-0.1, -0.05) is 30.8 Å². The first-order chi connectivity index (χ1) is 18.2. The molecule has 1 atom stereocenters. The lowest BCUT2D eigenvalue weighted by Crippen LogP contribution is -2.55. The Morgan fingerprint density at radius 2 is 1.74 bits per heavy atom. The second kappa shape index (κ2) is 11.9. The minimum atomic E-state index is -3.89. The molecule has 3 N–H and O–H groups in total. The number of carbonyl (C=O) groups is 1. The van der Waals surface area contributed by atoms with Gasteiger partial charge in [-0.2, -0.15) is 17.4 Å². The van der Waals surface area contributed by atoms with E-state index in [2.05, 4.69) is 31.9 Å². The number of anilines is 2. The van der Waals surface area contributed by atoms with Gasteiger partial charge >= 0.3 is 5.97 Å². The zero-order chi connectivity index (χ0) is 27.3. The van der Waals surface area contributed by atoms with Crippen molar-refractivity contribution in [1.82, 2.24) is 9.03 Å². The Morgan fingerprint density at radius 1 is 1.08 bits per heavy atom. The van der Waals surface area contributed by atoms with E-state index in [-0.39, 0.29) is 19.0 Å². The van der Waals surface area contributed by atoms with Gasteiger partial charge in [0.05, 0.1) is 5.71 Å². The number of nitrogens with one attached hydrogen (secondary N) is 2. The number of carboxylic acid groups (broad SMARTS) is 1. The number of nitrogens with zero attached hydrogens (tertiary/aromatic N) is 3. The Balaban J connectivity index is 1.38. The molecule has 11 heteroatoms. The van der Waals surface area contributed by atoms with Gasteiger partial charge in [0, 0.05) is 67.2 Å². The third kappa shape index (κ3) is 6.45. The monoisotopic (exact) mass is 539 g/mol. The van der Waals surface area contributed by atoms with Crippen molar-refractivity contribution in [3.8, 4) is 11.8 Å². The zero-order valence-corrected chi connectivity index (χ0v) is 22.6. The summed E-state index contributed by atoms with van der Waals surface area (Å²) < 4.78 is 29.1. The highest BCUT2D eigenvalue weighted by Crippen LogP contribution is 2.24. The Hall–Kier alpha value is -3.59. The topological polar surface area (TPSA) is 124 Å². The molecule has 2 aliphatic heterocycles. The van der Waals surface area contributed by atoms with Gasteiger partial charge in [0.1, 0.15) is 13.2 Å². The number of oxime groups is 1. The van der Waals surface area contributed by atoms with Gasteiger partial charge in [-0.25, -0.2) is 0 Å². The summed E-state index contributed by atoms with van der Waals surface area (Å²) >= 11 is 0. The second-order valence-corrected chi connectivity index (χ2v) is 11.2. The fourth-order valence-corrected chi connectivity index (χ4v) is 5.95. The molecule has 0 saturated carbocycles. The first kappa shape index (κ1) is 27.4. The predicted molar refractivity (Wildman–Crippen MR) is 148 cm³/mol. The van der Waals surface area contributed by atoms with Crippen LogP contribution in [-0.4, -0.2) is 75.4 Å². The summed E-state index contributed by atoms with van der Waals surface area (Å²) in [6.45, 7) is 5.69. The van der Waals surface area contributed by atoms with E-state index in [1.54, 1.807) is 21.0 Å². The fraction of sp³-hybridized carbons (Fsp3) is 0.407. The standard InChI is InChI=1S/C27H33N5O5S/c1-19(2)26(27(33)34)30-38(35,36)32-16-14-31(15-17-32)22-9-6-20(7-10-22)4-5-21-8-11-24-23(18-21)25(29-37-3)12-13-28-24/h6-11,18-19,26,28,30H,12-17H2,1-3H3,(H,33,34)/b29-25+/t26-/m1/s1. The Bertz CT molecular complexity index is 1350. The van der Waals surface area contributed by atoms with E-state index in [0.717, 1.165) is 46.7 Å². The van der Waals surface area contributed by atoms with Crippen molar-refractivity contribution < 1.29 is 23.2 Å². The van der Waals surface area contributed by atoms with Crippen LogP contribution in [0.4, 0.5) is 11.4 Å². The van der Waals surface area contributed by atoms with E-state index in [1.807, 2.05) is 42.5 Å². The van der Waals surface area contributed by atoms with E-state index in [4.69, 9.17) is 4.84 Å². The predicted octanol–water partition coefficient (Wildman–Crippen LogP) is 2.32. The van der Waals surface area contributed by atoms with Crippen LogP contribution in [0.25, 0.3) is 0 Å². The highest BCUT2D eigenvalue weighted by molar-refractivity contribution is 7.87. The smallest absolute Gasteiger partial charge is 0.322 e. The van der Waals surface area contributed by atoms with Crippen LogP contribution in [-0.2, 0) is 19.8 Å². The van der Waals surface area contributed by atoms with Crippen LogP contribution in [0, 0.1) is 17.8 Å². The largest absolute Gasteiger partial charge is 0.480 e. The maximum absolute atomic E-state index is 12.7. The van der Waals surface area contributed by atoms with E-state index < -0.39 is 22.2 Å². The molecule has 38 heavy (non-hydrogen) atoms. The first-order valence-corrected chi connectivity index (χ1v) is 14.0. The van der Waals surface area contributed by atoms with E-state index in [0.29, 0.717) is 13.1 Å². The number of piperazine rings is 1. The van der Waals surface area contributed by atoms with Crippen molar-refractivity contribution in [3.05, 3.63) is 59.2 Å². The quantitative estimate of drug-likeness (QED) is 0.364. The molecule has 2 heterocycles. The molecule has 0 radical (unpaired) electrons. The Morgan fingerprint density at radius 3 is 2.37 bits per heavy atom. The van der Waals surface area contributed by atoms with Gasteiger partial charge in [0.15, 0.2) is 0 Å². The van der Waals surface area contributed by atoms with Crippen LogP contribution < -0.4 is 14.9 Å². The van der Waals surface area contributed by atoms with Crippen molar-refractivity contribution >= 4 is 33.3 Å². The Labute approximate surface area is 223 Å². The minimum Gasteiger partial charge on any atom is -0.480 e. The van der Waals surface area contributed by atoms with Crippen molar-refractivity contribution in [2.75, 3.05) is 50.1 Å². The molecule has 0 spiro atoms. The lowest BCUT2D eigenvalue weighted by atomic mass is 9.99. The molecule has 1 saturated heterocycles. The normalized spacial score (nSPS) is 17.8. The molecular weight excluding hydrogens is 506 g/mol. The van der Waals surface area contributed by atoms with Crippen molar-refractivity contribution in [2.24, 2.45) is 11.1 Å². The first-order valence-electron chi connectivity index (χ1n) is 12.5. The number of carboxylic acids is 1. The molecule has 10 nitrogen and oxygen atoms in total. The number of benzene rings is 2. The second-order valence-electron chi connectivity index (χ2n) is 9.52. The maximum Gasteiger partial charge on any atom is 0.322 e. The molecule has 4 rings (SSSR count). The third-order valence-corrected chi connectivity index (χ3v) is 8.18. The van der Waals surface area contributed by atoms with E-state index >= 15 is 0 Å². The zero-order valence-electron chi connectivity index (χ0n) is 21.8. The van der Waals surface area contributed by atoms with Gasteiger partial charge < -0.3 is 20.2 Å². The summed E-state index contributed by atoms with van der Waals surface area (Å²) in [7, 11) is -2.35. The van der Waals surface area contributed by atoms with Gasteiger partial charge in [-0.15, -0.1) is 0 Å². The van der Waals surface area contributed by atoms with Crippen LogP contribution in [0.3, 0.4) is 0 Å². The molecule has 1 fully saturated rings. The highest BCUT2D eigenvalue weighted by Gasteiger charge is 2.33. The summed E-state index contributed by atoms with van der Waals surface area (Å²) in [5.41, 5.74) is 5.65. The van der Waals surface area contributed by atoms with Gasteiger partial charge in [0.2, 0.25) is 0 Å². The molecule has 0 unspecified atom stereocenters. The molecule has 0 bridgehead atoms. The number of rotatable bonds is 7. The van der Waals surface area contributed by atoms with Crippen molar-refractivity contribution in [2.45, 2.75) is 26.3 Å². The maximum atomic E-state index is 12.7. The van der Waals surface area contributed by atoms with Crippen LogP contribution in [0.5, 0.6) is 0 Å². The molecule has 2 aromatic carbocycles. The fourth-order valence-electron chi connectivity index (χ4n) is 4.46. The summed E-state index contributed by atoms with van der Waals surface area (Å²) in [5.74, 6) is 4.88. The number of hydrogen-bond acceptors (Lipinski definition) is 7. The molecule has 2 aliphatic rings. The summed E-state index contributed by atoms with van der Waals surface area (Å²) in [5, 5.41) is 16.8. The minimum absolute atomic E-state index is 0.267. The molecule has 0 aliphatic carbocycles. The number of aliphatic carboxylic acids is 1. The highest BCUT2D eigenvalue weighted by atomic mass is 32.2. The van der Waals surface area contributed by atoms with Crippen LogP contribution in [0.1, 0.15) is 37.0 Å².